The van der Waals surface area contributed by atoms with Gasteiger partial charge in [-0.15, -0.1) is 5.10 Å². The summed E-state index contributed by atoms with van der Waals surface area (Å²) in [6, 6.07) is 10.1. The summed E-state index contributed by atoms with van der Waals surface area (Å²) in [6.45, 7) is 7.09. The van der Waals surface area contributed by atoms with Crippen molar-refractivity contribution in [1.82, 2.24) is 24.9 Å². The normalized spacial score (nSPS) is 23.4. The Hall–Kier alpha value is -2.48. The number of aromatic nitrogens is 4. The molecule has 32 heavy (non-hydrogen) atoms. The number of hydrogen-bond acceptors (Lipinski definition) is 5. The van der Waals surface area contributed by atoms with Crippen molar-refractivity contribution in [2.45, 2.75) is 57.8 Å². The molecule has 4 heterocycles. The molecule has 2 aliphatic rings. The Morgan fingerprint density at radius 2 is 2.16 bits per heavy atom. The first-order valence-electron chi connectivity index (χ1n) is 11.2. The van der Waals surface area contributed by atoms with Gasteiger partial charge in [0.1, 0.15) is 0 Å². The highest BCUT2D eigenvalue weighted by Gasteiger charge is 2.43. The summed E-state index contributed by atoms with van der Waals surface area (Å²) in [7, 11) is 0. The molecule has 0 bridgehead atoms. The van der Waals surface area contributed by atoms with Crippen molar-refractivity contribution in [3.05, 3.63) is 80.0 Å². The third-order valence-electron chi connectivity index (χ3n) is 6.70. The summed E-state index contributed by atoms with van der Waals surface area (Å²) < 4.78 is 8.19. The molecule has 2 aromatic heterocycles. The van der Waals surface area contributed by atoms with Crippen molar-refractivity contribution < 1.29 is 4.74 Å². The van der Waals surface area contributed by atoms with Crippen LogP contribution in [-0.2, 0) is 29.8 Å². The number of fused-ring (bicyclic) bond motifs is 2. The molecule has 1 N–H and O–H groups in total. The van der Waals surface area contributed by atoms with Gasteiger partial charge in [0, 0.05) is 35.9 Å². The number of H-pyrrole nitrogens is 1. The van der Waals surface area contributed by atoms with Gasteiger partial charge in [-0.1, -0.05) is 22.9 Å². The molecule has 5 rings (SSSR count). The fourth-order valence-electron chi connectivity index (χ4n) is 5.22. The molecule has 0 saturated carbocycles. The molecular weight excluding hydrogens is 426 g/mol. The summed E-state index contributed by atoms with van der Waals surface area (Å²) >= 11 is 6.33. The van der Waals surface area contributed by atoms with E-state index in [1.807, 2.05) is 25.3 Å². The molecule has 1 saturated heterocycles. The van der Waals surface area contributed by atoms with Crippen molar-refractivity contribution in [2.75, 3.05) is 13.2 Å². The molecule has 3 aromatic rings. The summed E-state index contributed by atoms with van der Waals surface area (Å²) in [4.78, 5) is 16.9. The molecule has 1 spiro atoms. The van der Waals surface area contributed by atoms with Crippen LogP contribution in [0.3, 0.4) is 0 Å². The van der Waals surface area contributed by atoms with Crippen LogP contribution in [0.5, 0.6) is 0 Å². The maximum absolute atomic E-state index is 11.7. The lowest BCUT2D eigenvalue weighted by atomic mass is 9.77. The fourth-order valence-corrected chi connectivity index (χ4v) is 5.39. The molecule has 0 amide bonds. The van der Waals surface area contributed by atoms with Crippen LogP contribution in [0.1, 0.15) is 47.8 Å². The predicted octanol–water partition coefficient (Wildman–Crippen LogP) is 3.43. The first-order valence-corrected chi connectivity index (χ1v) is 11.5. The van der Waals surface area contributed by atoms with Crippen LogP contribution in [0.15, 0.2) is 41.3 Å². The summed E-state index contributed by atoms with van der Waals surface area (Å²) in [5, 5.41) is 9.42. The summed E-state index contributed by atoms with van der Waals surface area (Å²) in [6.07, 6.45) is 4.79. The quantitative estimate of drug-likeness (QED) is 0.655. The van der Waals surface area contributed by atoms with E-state index in [0.717, 1.165) is 60.9 Å². The number of pyridine rings is 1. The molecule has 0 aliphatic carbocycles. The largest absolute Gasteiger partial charge is 0.370 e. The van der Waals surface area contributed by atoms with Crippen LogP contribution in [0.2, 0.25) is 5.02 Å². The molecule has 2 atom stereocenters. The van der Waals surface area contributed by atoms with Crippen molar-refractivity contribution in [3.8, 4) is 0 Å². The second-order valence-electron chi connectivity index (χ2n) is 9.11. The van der Waals surface area contributed by atoms with Gasteiger partial charge in [-0.3, -0.25) is 9.69 Å². The number of nitrogens with one attached hydrogen (secondary N) is 1. The number of likely N-dealkylation sites (tertiary alicyclic amines) is 1. The second kappa shape index (κ2) is 8.46. The highest BCUT2D eigenvalue weighted by atomic mass is 35.5. The Bertz CT molecular complexity index is 1190. The second-order valence-corrected chi connectivity index (χ2v) is 9.55. The maximum atomic E-state index is 11.7. The number of hydrogen-bond donors (Lipinski definition) is 1. The van der Waals surface area contributed by atoms with Crippen LogP contribution in [0.25, 0.3) is 0 Å². The number of benzene rings is 1. The summed E-state index contributed by atoms with van der Waals surface area (Å²) in [5.74, 6) is 0. The Balaban J connectivity index is 1.27. The van der Waals surface area contributed by atoms with Gasteiger partial charge in [0.2, 0.25) is 5.56 Å². The summed E-state index contributed by atoms with van der Waals surface area (Å²) in [5.41, 5.74) is 4.98. The van der Waals surface area contributed by atoms with Gasteiger partial charge in [-0.2, -0.15) is 0 Å². The molecule has 7 nitrogen and oxygen atoms in total. The number of aryl methyl sites for hydroxylation is 1. The molecule has 168 valence electrons. The average Bonchev–Trinajstić information content (AvgIpc) is 3.17. The van der Waals surface area contributed by atoms with Crippen LogP contribution in [-0.4, -0.2) is 44.1 Å². The van der Waals surface area contributed by atoms with Gasteiger partial charge in [-0.05, 0) is 68.0 Å². The predicted molar refractivity (Wildman–Crippen MR) is 123 cm³/mol. The SMILES string of the molecule is Cc1cc(Cn2cc(CN3CC[C@]4(C[C@@H]3C)OCCc3ccc(Cl)cc34)nn2)cc(=O)[nH]1. The zero-order valence-corrected chi connectivity index (χ0v) is 19.2. The van der Waals surface area contributed by atoms with Gasteiger partial charge in [0.05, 0.1) is 30.6 Å². The number of piperidine rings is 1. The number of nitrogens with zero attached hydrogens (tertiary/aromatic N) is 4. The minimum Gasteiger partial charge on any atom is -0.370 e. The van der Waals surface area contributed by atoms with E-state index in [1.54, 1.807) is 10.7 Å². The highest BCUT2D eigenvalue weighted by Crippen LogP contribution is 2.44. The molecular formula is C24H28ClN5O2. The zero-order chi connectivity index (χ0) is 22.3. The van der Waals surface area contributed by atoms with Crippen LogP contribution < -0.4 is 5.56 Å². The number of ether oxygens (including phenoxy) is 1. The third-order valence-corrected chi connectivity index (χ3v) is 6.93. The van der Waals surface area contributed by atoms with E-state index in [1.165, 1.54) is 11.1 Å². The van der Waals surface area contributed by atoms with Gasteiger partial charge in [0.25, 0.3) is 0 Å². The lowest BCUT2D eigenvalue weighted by Gasteiger charge is -2.48. The highest BCUT2D eigenvalue weighted by molar-refractivity contribution is 6.30. The van der Waals surface area contributed by atoms with E-state index in [-0.39, 0.29) is 11.2 Å². The lowest BCUT2D eigenvalue weighted by molar-refractivity contribution is -0.113. The van der Waals surface area contributed by atoms with Crippen molar-refractivity contribution in [1.29, 1.82) is 0 Å². The van der Waals surface area contributed by atoms with Gasteiger partial charge < -0.3 is 9.72 Å². The van der Waals surface area contributed by atoms with Crippen molar-refractivity contribution in [3.63, 3.8) is 0 Å². The van der Waals surface area contributed by atoms with E-state index < -0.39 is 0 Å². The van der Waals surface area contributed by atoms with Gasteiger partial charge in [0.15, 0.2) is 0 Å². The van der Waals surface area contributed by atoms with E-state index in [9.17, 15) is 4.79 Å². The van der Waals surface area contributed by atoms with E-state index in [4.69, 9.17) is 16.3 Å². The van der Waals surface area contributed by atoms with Crippen molar-refractivity contribution in [2.24, 2.45) is 0 Å². The first kappa shape index (κ1) is 21.4. The maximum Gasteiger partial charge on any atom is 0.248 e. The minimum atomic E-state index is -0.246. The molecule has 8 heteroatoms. The van der Waals surface area contributed by atoms with Crippen molar-refractivity contribution >= 4 is 11.6 Å². The van der Waals surface area contributed by atoms with Gasteiger partial charge >= 0.3 is 0 Å². The Morgan fingerprint density at radius 3 is 2.97 bits per heavy atom. The lowest BCUT2D eigenvalue weighted by Crippen LogP contribution is -2.50. The van der Waals surface area contributed by atoms with Crippen LogP contribution >= 0.6 is 11.6 Å². The number of aromatic amines is 1. The molecule has 2 aliphatic heterocycles. The average molecular weight is 454 g/mol. The van der Waals surface area contributed by atoms with Crippen LogP contribution in [0, 0.1) is 6.92 Å². The number of halogens is 1. The molecule has 0 radical (unpaired) electrons. The topological polar surface area (TPSA) is 76.0 Å². The Morgan fingerprint density at radius 1 is 1.28 bits per heavy atom. The fraction of sp³-hybridized carbons (Fsp3) is 0.458. The molecule has 1 fully saturated rings. The standard InChI is InChI=1S/C24H28ClN5O2/c1-16-9-18(10-23(31)26-16)13-30-15-21(27-28-30)14-29-7-6-24(12-17(29)2)22-11-20(25)4-3-19(22)5-8-32-24/h3-4,9-11,15,17H,5-8,12-14H2,1-2H3,(H,26,31)/t17-,24+/m0/s1. The monoisotopic (exact) mass is 453 g/mol. The Kier molecular flexibility index (Phi) is 5.65. The molecule has 1 aromatic carbocycles. The smallest absolute Gasteiger partial charge is 0.248 e. The van der Waals surface area contributed by atoms with E-state index in [2.05, 4.69) is 39.3 Å². The van der Waals surface area contributed by atoms with E-state index >= 15 is 0 Å². The Labute approximate surface area is 192 Å². The van der Waals surface area contributed by atoms with Gasteiger partial charge in [-0.25, -0.2) is 4.68 Å². The van der Waals surface area contributed by atoms with E-state index in [0.29, 0.717) is 12.6 Å². The first-order chi connectivity index (χ1) is 15.4. The zero-order valence-electron chi connectivity index (χ0n) is 18.5. The third kappa shape index (κ3) is 4.25. The van der Waals surface area contributed by atoms with Crippen LogP contribution in [0.4, 0.5) is 0 Å². The number of rotatable bonds is 4. The molecule has 0 unspecified atom stereocenters. The minimum absolute atomic E-state index is 0.0933.